The molecule has 0 radical (unpaired) electrons. The quantitative estimate of drug-likeness (QED) is 0.859. The molecule has 0 aromatic heterocycles. The van der Waals surface area contributed by atoms with E-state index in [9.17, 15) is 18.0 Å². The molecule has 0 spiro atoms. The van der Waals surface area contributed by atoms with Crippen molar-refractivity contribution in [2.75, 3.05) is 26.2 Å². The summed E-state index contributed by atoms with van der Waals surface area (Å²) in [7, 11) is -3.50. The van der Waals surface area contributed by atoms with Crippen molar-refractivity contribution in [3.05, 3.63) is 29.8 Å². The summed E-state index contributed by atoms with van der Waals surface area (Å²) in [6.45, 7) is 1.90. The molecule has 8 heteroatoms. The smallest absolute Gasteiger partial charge is 0.306 e. The van der Waals surface area contributed by atoms with Crippen LogP contribution in [0.4, 0.5) is 0 Å². The minimum Gasteiger partial charge on any atom is -0.481 e. The molecule has 7 nitrogen and oxygen atoms in total. The molecular formula is C18H24N2O5S. The number of amides is 1. The Morgan fingerprint density at radius 1 is 0.923 bits per heavy atom. The van der Waals surface area contributed by atoms with E-state index in [0.717, 1.165) is 19.3 Å². The summed E-state index contributed by atoms with van der Waals surface area (Å²) < 4.78 is 26.8. The number of carboxylic acid groups (broad SMARTS) is 1. The van der Waals surface area contributed by atoms with Gasteiger partial charge in [-0.15, -0.1) is 0 Å². The third-order valence-electron chi connectivity index (χ3n) is 5.19. The Hall–Kier alpha value is -1.93. The predicted octanol–water partition coefficient (Wildman–Crippen LogP) is 1.80. The van der Waals surface area contributed by atoms with Gasteiger partial charge in [0, 0.05) is 31.7 Å². The summed E-state index contributed by atoms with van der Waals surface area (Å²) in [5.74, 6) is -1.39. The molecule has 0 saturated carbocycles. The maximum atomic E-state index is 12.6. The minimum atomic E-state index is -3.50. The van der Waals surface area contributed by atoms with Gasteiger partial charge in [-0.2, -0.15) is 4.31 Å². The Labute approximate surface area is 153 Å². The summed E-state index contributed by atoms with van der Waals surface area (Å²) >= 11 is 0. The van der Waals surface area contributed by atoms with Gasteiger partial charge in [0.15, 0.2) is 0 Å². The SMILES string of the molecule is O=C(O)C1CCN(C(=O)c2ccc(S(=O)(=O)N3CCCCC3)cc2)CC1. The van der Waals surface area contributed by atoms with Gasteiger partial charge >= 0.3 is 5.97 Å². The third-order valence-corrected chi connectivity index (χ3v) is 7.10. The van der Waals surface area contributed by atoms with Crippen molar-refractivity contribution in [2.45, 2.75) is 37.0 Å². The molecule has 2 aliphatic heterocycles. The molecule has 2 fully saturated rings. The van der Waals surface area contributed by atoms with E-state index in [1.165, 1.54) is 16.4 Å². The van der Waals surface area contributed by atoms with Crippen LogP contribution in [0.1, 0.15) is 42.5 Å². The van der Waals surface area contributed by atoms with Crippen molar-refractivity contribution in [3.63, 3.8) is 0 Å². The number of likely N-dealkylation sites (tertiary alicyclic amines) is 1. The fraction of sp³-hybridized carbons (Fsp3) is 0.556. The van der Waals surface area contributed by atoms with Crippen LogP contribution in [0.2, 0.25) is 0 Å². The fourth-order valence-corrected chi connectivity index (χ4v) is 5.05. The summed E-state index contributed by atoms with van der Waals surface area (Å²) in [4.78, 5) is 25.4. The van der Waals surface area contributed by atoms with Crippen molar-refractivity contribution in [2.24, 2.45) is 5.92 Å². The third kappa shape index (κ3) is 3.91. The average Bonchev–Trinajstić information content (AvgIpc) is 2.68. The van der Waals surface area contributed by atoms with Crippen LogP contribution in [-0.2, 0) is 14.8 Å². The first-order chi connectivity index (χ1) is 12.4. The molecule has 0 bridgehead atoms. The molecule has 0 atom stereocenters. The molecule has 2 saturated heterocycles. The van der Waals surface area contributed by atoms with Crippen LogP contribution in [0.25, 0.3) is 0 Å². The van der Waals surface area contributed by atoms with E-state index < -0.39 is 21.9 Å². The maximum Gasteiger partial charge on any atom is 0.306 e. The number of carboxylic acids is 1. The van der Waals surface area contributed by atoms with Crippen LogP contribution in [-0.4, -0.2) is 60.8 Å². The molecule has 2 heterocycles. The number of carbonyl (C=O) groups excluding carboxylic acids is 1. The molecule has 1 aromatic carbocycles. The van der Waals surface area contributed by atoms with E-state index in [1.54, 1.807) is 17.0 Å². The largest absolute Gasteiger partial charge is 0.481 e. The molecule has 0 aliphatic carbocycles. The number of nitrogens with zero attached hydrogens (tertiary/aromatic N) is 2. The van der Waals surface area contributed by atoms with Gasteiger partial charge in [-0.25, -0.2) is 8.42 Å². The number of aliphatic carboxylic acids is 1. The van der Waals surface area contributed by atoms with E-state index in [2.05, 4.69) is 0 Å². The van der Waals surface area contributed by atoms with Gasteiger partial charge in [-0.05, 0) is 49.9 Å². The topological polar surface area (TPSA) is 95.0 Å². The van der Waals surface area contributed by atoms with Crippen LogP contribution in [0.5, 0.6) is 0 Å². The lowest BCUT2D eigenvalue weighted by atomic mass is 9.96. The Bertz CT molecular complexity index is 761. The highest BCUT2D eigenvalue weighted by Crippen LogP contribution is 2.23. The zero-order chi connectivity index (χ0) is 18.7. The Kier molecular flexibility index (Phi) is 5.62. The van der Waals surface area contributed by atoms with Crippen molar-refractivity contribution < 1.29 is 23.1 Å². The van der Waals surface area contributed by atoms with Gasteiger partial charge in [0.2, 0.25) is 10.0 Å². The van der Waals surface area contributed by atoms with Crippen molar-refractivity contribution in [3.8, 4) is 0 Å². The Morgan fingerprint density at radius 3 is 2.04 bits per heavy atom. The highest BCUT2D eigenvalue weighted by molar-refractivity contribution is 7.89. The second kappa shape index (κ2) is 7.75. The summed E-state index contributed by atoms with van der Waals surface area (Å²) in [5, 5.41) is 9.03. The van der Waals surface area contributed by atoms with Crippen LogP contribution in [0, 0.1) is 5.92 Å². The first kappa shape index (κ1) is 18.8. The molecule has 3 rings (SSSR count). The van der Waals surface area contributed by atoms with Gasteiger partial charge in [-0.3, -0.25) is 9.59 Å². The lowest BCUT2D eigenvalue weighted by Crippen LogP contribution is -2.40. The number of hydrogen-bond acceptors (Lipinski definition) is 4. The number of piperidine rings is 2. The number of hydrogen-bond donors (Lipinski definition) is 1. The Morgan fingerprint density at radius 2 is 1.50 bits per heavy atom. The molecule has 142 valence electrons. The highest BCUT2D eigenvalue weighted by atomic mass is 32.2. The second-order valence-corrected chi connectivity index (χ2v) is 8.83. The van der Waals surface area contributed by atoms with E-state index in [1.807, 2.05) is 0 Å². The first-order valence-corrected chi connectivity index (χ1v) is 10.5. The average molecular weight is 380 g/mol. The van der Waals surface area contributed by atoms with Gasteiger partial charge in [0.1, 0.15) is 0 Å². The van der Waals surface area contributed by atoms with Crippen LogP contribution < -0.4 is 0 Å². The normalized spacial score (nSPS) is 20.1. The van der Waals surface area contributed by atoms with Crippen LogP contribution in [0.3, 0.4) is 0 Å². The van der Waals surface area contributed by atoms with Crippen molar-refractivity contribution >= 4 is 21.9 Å². The predicted molar refractivity (Wildman–Crippen MR) is 95.3 cm³/mol. The highest BCUT2D eigenvalue weighted by Gasteiger charge is 2.29. The molecule has 1 aromatic rings. The summed E-state index contributed by atoms with van der Waals surface area (Å²) in [6.07, 6.45) is 3.70. The number of carbonyl (C=O) groups is 2. The first-order valence-electron chi connectivity index (χ1n) is 9.02. The summed E-state index contributed by atoms with van der Waals surface area (Å²) in [6, 6.07) is 6.06. The van der Waals surface area contributed by atoms with E-state index in [0.29, 0.717) is 44.6 Å². The van der Waals surface area contributed by atoms with Gasteiger partial charge in [0.25, 0.3) is 5.91 Å². The molecule has 1 N–H and O–H groups in total. The molecular weight excluding hydrogens is 356 g/mol. The van der Waals surface area contributed by atoms with Crippen molar-refractivity contribution in [1.82, 2.24) is 9.21 Å². The molecule has 1 amide bonds. The summed E-state index contributed by atoms with van der Waals surface area (Å²) in [5.41, 5.74) is 0.427. The van der Waals surface area contributed by atoms with Gasteiger partial charge in [-0.1, -0.05) is 6.42 Å². The van der Waals surface area contributed by atoms with E-state index in [-0.39, 0.29) is 10.8 Å². The standard InChI is InChI=1S/C18H24N2O5S/c21-17(19-12-8-15(9-13-19)18(22)23)14-4-6-16(7-5-14)26(24,25)20-10-2-1-3-11-20/h4-7,15H,1-3,8-13H2,(H,22,23). The lowest BCUT2D eigenvalue weighted by Gasteiger charge is -2.30. The fourth-order valence-electron chi connectivity index (χ4n) is 3.54. The van der Waals surface area contributed by atoms with Gasteiger partial charge in [0.05, 0.1) is 10.8 Å². The second-order valence-electron chi connectivity index (χ2n) is 6.89. The van der Waals surface area contributed by atoms with E-state index >= 15 is 0 Å². The zero-order valence-corrected chi connectivity index (χ0v) is 15.5. The van der Waals surface area contributed by atoms with Crippen LogP contribution in [0.15, 0.2) is 29.2 Å². The number of rotatable bonds is 4. The Balaban J connectivity index is 1.67. The maximum absolute atomic E-state index is 12.6. The monoisotopic (exact) mass is 380 g/mol. The zero-order valence-electron chi connectivity index (χ0n) is 14.6. The van der Waals surface area contributed by atoms with E-state index in [4.69, 9.17) is 5.11 Å². The van der Waals surface area contributed by atoms with Crippen molar-refractivity contribution in [1.29, 1.82) is 0 Å². The van der Waals surface area contributed by atoms with Crippen LogP contribution >= 0.6 is 0 Å². The minimum absolute atomic E-state index is 0.184. The van der Waals surface area contributed by atoms with Gasteiger partial charge < -0.3 is 10.0 Å². The number of benzene rings is 1. The lowest BCUT2D eigenvalue weighted by molar-refractivity contribution is -0.143. The molecule has 0 unspecified atom stereocenters. The molecule has 26 heavy (non-hydrogen) atoms. The number of sulfonamides is 1. The molecule has 2 aliphatic rings.